The molecule has 2 heterocycles. The quantitative estimate of drug-likeness (QED) is 0.828. The summed E-state index contributed by atoms with van der Waals surface area (Å²) in [4.78, 5) is 10.2. The van der Waals surface area contributed by atoms with Crippen LogP contribution in [0.3, 0.4) is 0 Å². The number of benzene rings is 1. The van der Waals surface area contributed by atoms with Gasteiger partial charge in [0.05, 0.1) is 37.3 Å². The van der Waals surface area contributed by atoms with Gasteiger partial charge in [-0.05, 0) is 12.1 Å². The molecule has 6 nitrogen and oxygen atoms in total. The number of aliphatic hydroxyl groups excluding tert-OH is 1. The molecule has 1 aliphatic rings. The summed E-state index contributed by atoms with van der Waals surface area (Å²) in [6.45, 7) is 1.01. The van der Waals surface area contributed by atoms with Gasteiger partial charge in [-0.2, -0.15) is 13.2 Å². The number of rotatable bonds is 5. The lowest BCUT2D eigenvalue weighted by atomic mass is 10.1. The molecule has 10 heteroatoms. The van der Waals surface area contributed by atoms with Crippen molar-refractivity contribution in [2.75, 3.05) is 31.2 Å². The number of anilines is 1. The highest BCUT2D eigenvalue weighted by Gasteiger charge is 2.34. The number of aromatic nitrogens is 2. The highest BCUT2D eigenvalue weighted by molar-refractivity contribution is 6.31. The van der Waals surface area contributed by atoms with Gasteiger partial charge in [-0.25, -0.2) is 9.97 Å². The minimum absolute atomic E-state index is 0.0225. The first-order valence-electron chi connectivity index (χ1n) is 8.15. The second-order valence-electron chi connectivity index (χ2n) is 5.89. The summed E-state index contributed by atoms with van der Waals surface area (Å²) < 4.78 is 50.1. The second-order valence-corrected chi connectivity index (χ2v) is 6.30. The van der Waals surface area contributed by atoms with Gasteiger partial charge in [0.25, 0.3) is 0 Å². The van der Waals surface area contributed by atoms with Gasteiger partial charge < -0.3 is 19.5 Å². The van der Waals surface area contributed by atoms with Gasteiger partial charge in [-0.1, -0.05) is 17.7 Å². The highest BCUT2D eigenvalue weighted by Crippen LogP contribution is 2.35. The number of hydrogen-bond donors (Lipinski definition) is 1. The average Bonchev–Trinajstić information content (AvgIpc) is 2.66. The van der Waals surface area contributed by atoms with Crippen molar-refractivity contribution in [2.24, 2.45) is 0 Å². The first-order valence-corrected chi connectivity index (χ1v) is 8.53. The summed E-state index contributed by atoms with van der Waals surface area (Å²) in [6.07, 6.45) is -2.06. The Kier molecular flexibility index (Phi) is 6.03. The number of halogens is 4. The Balaban J connectivity index is 1.68. The van der Waals surface area contributed by atoms with Crippen LogP contribution in [-0.4, -0.2) is 47.5 Å². The van der Waals surface area contributed by atoms with E-state index < -0.39 is 11.7 Å². The van der Waals surface area contributed by atoms with Crippen LogP contribution in [0.15, 0.2) is 30.6 Å². The summed E-state index contributed by atoms with van der Waals surface area (Å²) >= 11 is 5.91. The molecule has 1 saturated heterocycles. The maximum Gasteiger partial charge on any atom is 0.416 e. The number of hydrogen-bond acceptors (Lipinski definition) is 6. The van der Waals surface area contributed by atoms with Gasteiger partial charge in [-0.3, -0.25) is 0 Å². The van der Waals surface area contributed by atoms with E-state index in [1.165, 1.54) is 24.5 Å². The molecule has 1 fully saturated rings. The van der Waals surface area contributed by atoms with E-state index in [1.54, 1.807) is 0 Å². The molecule has 3 rings (SSSR count). The first kappa shape index (κ1) is 19.7. The Bertz CT molecular complexity index is 774. The molecule has 146 valence electrons. The molecule has 0 aliphatic carbocycles. The zero-order valence-corrected chi connectivity index (χ0v) is 14.9. The lowest BCUT2D eigenvalue weighted by molar-refractivity contribution is -0.138. The van der Waals surface area contributed by atoms with E-state index in [9.17, 15) is 18.3 Å². The summed E-state index contributed by atoms with van der Waals surface area (Å²) in [5, 5.41) is 9.15. The van der Waals surface area contributed by atoms with E-state index in [1.807, 2.05) is 4.90 Å². The van der Waals surface area contributed by atoms with Crippen LogP contribution in [-0.2, 0) is 17.5 Å². The smallest absolute Gasteiger partial charge is 0.416 e. The lowest BCUT2D eigenvalue weighted by Gasteiger charge is -2.31. The summed E-state index contributed by atoms with van der Waals surface area (Å²) in [5.41, 5.74) is -0.981. The average molecular weight is 404 g/mol. The van der Waals surface area contributed by atoms with E-state index >= 15 is 0 Å². The van der Waals surface area contributed by atoms with Crippen LogP contribution in [0.5, 0.6) is 5.75 Å². The summed E-state index contributed by atoms with van der Waals surface area (Å²) in [6, 6.07) is 3.58. The van der Waals surface area contributed by atoms with Crippen LogP contribution in [0, 0.1) is 0 Å². The van der Waals surface area contributed by atoms with Crippen molar-refractivity contribution in [1.29, 1.82) is 0 Å². The molecule has 1 N–H and O–H groups in total. The van der Waals surface area contributed by atoms with Crippen LogP contribution in [0.2, 0.25) is 5.02 Å². The minimum atomic E-state index is -4.52. The molecule has 1 aliphatic heterocycles. The molecule has 0 spiro atoms. The molecule has 0 saturated carbocycles. The fourth-order valence-electron chi connectivity index (χ4n) is 2.69. The number of nitrogens with zero attached hydrogens (tertiary/aromatic N) is 3. The van der Waals surface area contributed by atoms with Gasteiger partial charge in [0.15, 0.2) is 5.75 Å². The normalized spacial score (nSPS) is 17.8. The van der Waals surface area contributed by atoms with Crippen molar-refractivity contribution in [3.8, 4) is 5.75 Å². The standard InChI is InChI=1S/C17H17ClF3N3O3/c18-15-3-1-2-14(17(19,20)21)13(15)10-27-11-6-22-16(23-7-11)24-4-5-26-12(8-24)9-25/h1-3,6-7,12,25H,4-5,8-10H2/t12-/m1/s1. The van der Waals surface area contributed by atoms with E-state index in [0.717, 1.165) is 6.07 Å². The third kappa shape index (κ3) is 4.79. The Morgan fingerprint density at radius 1 is 1.30 bits per heavy atom. The van der Waals surface area contributed by atoms with Crippen LogP contribution in [0.1, 0.15) is 11.1 Å². The second kappa shape index (κ2) is 8.28. The zero-order valence-electron chi connectivity index (χ0n) is 14.1. The molecular weight excluding hydrogens is 387 g/mol. The number of morpholine rings is 1. The molecule has 1 atom stereocenters. The largest absolute Gasteiger partial charge is 0.486 e. The maximum absolute atomic E-state index is 13.1. The Morgan fingerprint density at radius 3 is 2.70 bits per heavy atom. The molecule has 0 unspecified atom stereocenters. The Labute approximate surface area is 158 Å². The third-order valence-corrected chi connectivity index (χ3v) is 4.40. The lowest BCUT2D eigenvalue weighted by Crippen LogP contribution is -2.44. The van der Waals surface area contributed by atoms with Gasteiger partial charge in [0, 0.05) is 23.7 Å². The van der Waals surface area contributed by atoms with E-state index in [2.05, 4.69) is 9.97 Å². The van der Waals surface area contributed by atoms with Crippen molar-refractivity contribution < 1.29 is 27.8 Å². The van der Waals surface area contributed by atoms with Crippen molar-refractivity contribution in [3.05, 3.63) is 46.7 Å². The number of ether oxygens (including phenoxy) is 2. The maximum atomic E-state index is 13.1. The first-order chi connectivity index (χ1) is 12.9. The fraction of sp³-hybridized carbons (Fsp3) is 0.412. The van der Waals surface area contributed by atoms with Gasteiger partial charge >= 0.3 is 6.18 Å². The Morgan fingerprint density at radius 2 is 2.04 bits per heavy atom. The molecule has 2 aromatic rings. The molecule has 27 heavy (non-hydrogen) atoms. The molecule has 0 radical (unpaired) electrons. The summed E-state index contributed by atoms with van der Waals surface area (Å²) in [7, 11) is 0. The van der Waals surface area contributed by atoms with Crippen molar-refractivity contribution in [2.45, 2.75) is 18.9 Å². The fourth-order valence-corrected chi connectivity index (χ4v) is 2.91. The van der Waals surface area contributed by atoms with Crippen LogP contribution < -0.4 is 9.64 Å². The van der Waals surface area contributed by atoms with Gasteiger partial charge in [0.1, 0.15) is 6.61 Å². The number of aliphatic hydroxyl groups is 1. The monoisotopic (exact) mass is 403 g/mol. The van der Waals surface area contributed by atoms with Crippen LogP contribution in [0.25, 0.3) is 0 Å². The minimum Gasteiger partial charge on any atom is -0.486 e. The molecular formula is C17H17ClF3N3O3. The molecule has 1 aromatic heterocycles. The topological polar surface area (TPSA) is 67.7 Å². The highest BCUT2D eigenvalue weighted by atomic mass is 35.5. The van der Waals surface area contributed by atoms with Crippen molar-refractivity contribution in [3.63, 3.8) is 0 Å². The SMILES string of the molecule is OC[C@H]1CN(c2ncc(OCc3c(Cl)cccc3C(F)(F)F)cn2)CCO1. The number of alkyl halides is 3. The van der Waals surface area contributed by atoms with E-state index in [0.29, 0.717) is 25.6 Å². The van der Waals surface area contributed by atoms with Crippen LogP contribution in [0.4, 0.5) is 19.1 Å². The molecule has 1 aromatic carbocycles. The van der Waals surface area contributed by atoms with Crippen molar-refractivity contribution >= 4 is 17.5 Å². The predicted octanol–water partition coefficient (Wildman–Crippen LogP) is 2.93. The van der Waals surface area contributed by atoms with E-state index in [4.69, 9.17) is 21.1 Å². The van der Waals surface area contributed by atoms with Crippen LogP contribution >= 0.6 is 11.6 Å². The summed E-state index contributed by atoms with van der Waals surface area (Å²) in [5.74, 6) is 0.650. The van der Waals surface area contributed by atoms with Gasteiger partial charge in [-0.15, -0.1) is 0 Å². The van der Waals surface area contributed by atoms with Crippen molar-refractivity contribution in [1.82, 2.24) is 9.97 Å². The molecule has 0 amide bonds. The Hall–Kier alpha value is -2.10. The van der Waals surface area contributed by atoms with Gasteiger partial charge in [0.2, 0.25) is 5.95 Å². The predicted molar refractivity (Wildman–Crippen MR) is 91.9 cm³/mol. The van der Waals surface area contributed by atoms with E-state index in [-0.39, 0.29) is 35.7 Å². The molecule has 0 bridgehead atoms. The third-order valence-electron chi connectivity index (χ3n) is 4.05. The zero-order chi connectivity index (χ0) is 19.4.